The number of halogens is 2. The second-order valence-corrected chi connectivity index (χ2v) is 19.1. The van der Waals surface area contributed by atoms with Gasteiger partial charge in [-0.2, -0.15) is 0 Å². The van der Waals surface area contributed by atoms with Gasteiger partial charge in [-0.25, -0.2) is 9.97 Å². The molecule has 3 N–H and O–H groups in total. The number of anilines is 2. The molecule has 0 saturated heterocycles. The smallest absolute Gasteiger partial charge is 0.224 e. The Kier molecular flexibility index (Phi) is 11.7. The maximum atomic E-state index is 12.1. The van der Waals surface area contributed by atoms with Gasteiger partial charge in [-0.05, 0) is 85.5 Å². The molecule has 14 heteroatoms. The summed E-state index contributed by atoms with van der Waals surface area (Å²) in [6.45, 7) is 6.29. The van der Waals surface area contributed by atoms with Gasteiger partial charge in [0.15, 0.2) is 0 Å². The highest BCUT2D eigenvalue weighted by Crippen LogP contribution is 2.48. The molecule has 1 amide bonds. The Hall–Kier alpha value is -2.94. The van der Waals surface area contributed by atoms with Crippen molar-refractivity contribution < 1.29 is 9.59 Å². The van der Waals surface area contributed by atoms with Crippen LogP contribution in [-0.4, -0.2) is 62.0 Å². The lowest BCUT2D eigenvalue weighted by atomic mass is 10.0. The lowest BCUT2D eigenvalue weighted by molar-refractivity contribution is -0.116. The van der Waals surface area contributed by atoms with Gasteiger partial charge >= 0.3 is 0 Å². The predicted molar refractivity (Wildman–Crippen MR) is 230 cm³/mol. The van der Waals surface area contributed by atoms with Crippen LogP contribution in [0.25, 0.3) is 41.6 Å². The normalized spacial score (nSPS) is 16.9. The van der Waals surface area contributed by atoms with Crippen LogP contribution in [0, 0.1) is 0 Å². The molecule has 0 bridgehead atoms. The van der Waals surface area contributed by atoms with Gasteiger partial charge in [-0.15, -0.1) is 56.9 Å². The number of nitrogen functional groups attached to an aromatic ring is 1. The quantitative estimate of drug-likeness (QED) is 0.116. The van der Waals surface area contributed by atoms with E-state index in [1.54, 1.807) is 45.3 Å². The zero-order valence-corrected chi connectivity index (χ0v) is 34.8. The van der Waals surface area contributed by atoms with Crippen molar-refractivity contribution in [1.29, 1.82) is 0 Å². The summed E-state index contributed by atoms with van der Waals surface area (Å²) in [7, 11) is 0. The molecule has 4 aromatic heterocycles. The minimum Gasteiger partial charge on any atom is -0.390 e. The largest absolute Gasteiger partial charge is 0.390 e. The molecule has 0 atom stereocenters. The molecule has 0 spiro atoms. The van der Waals surface area contributed by atoms with E-state index in [-0.39, 0.29) is 17.6 Å². The average molecular weight is 838 g/mol. The number of aromatic nitrogens is 2. The number of carbonyl (C=O) groups is 2. The maximum absolute atomic E-state index is 12.1. The standard InChI is InChI=1S/C20H21N3OS2.C17H17N3S2.C3H4Cl2O/c1-2-17(24)22-20-18(19-21-14-5-3-4-6-15(14)25-19)13-9-10-23(12-7-8-12)11-16(13)26-20;18-16-15(17-19-12-3-1-2-4-13(12)22-17)11-7-8-20(10-5-6-10)9-14(11)21-16;4-2-1-3(5)6/h3-6,12H,2,7-11H2,1H3,(H,22,24);1-4,10H,5-9,18H2;1-2H2. The van der Waals surface area contributed by atoms with Crippen LogP contribution in [-0.2, 0) is 35.5 Å². The number of amides is 1. The Bertz CT molecular complexity index is 2240. The van der Waals surface area contributed by atoms with E-state index >= 15 is 0 Å². The summed E-state index contributed by atoms with van der Waals surface area (Å²) in [6.07, 6.45) is 8.36. The molecule has 282 valence electrons. The van der Waals surface area contributed by atoms with E-state index in [9.17, 15) is 9.59 Å². The third kappa shape index (κ3) is 8.41. The topological polar surface area (TPSA) is 104 Å². The van der Waals surface area contributed by atoms with Gasteiger partial charge in [0.05, 0.1) is 25.4 Å². The zero-order valence-electron chi connectivity index (χ0n) is 30.0. The summed E-state index contributed by atoms with van der Waals surface area (Å²) < 4.78 is 2.44. The van der Waals surface area contributed by atoms with Gasteiger partial charge in [-0.1, -0.05) is 31.2 Å². The highest BCUT2D eigenvalue weighted by molar-refractivity contribution is 7.23. The van der Waals surface area contributed by atoms with Crippen molar-refractivity contribution in [3.63, 3.8) is 0 Å². The molecule has 10 rings (SSSR count). The van der Waals surface area contributed by atoms with E-state index in [0.717, 1.165) is 75.6 Å². The lowest BCUT2D eigenvalue weighted by Gasteiger charge is -2.26. The van der Waals surface area contributed by atoms with Crippen LogP contribution in [0.1, 0.15) is 66.3 Å². The second kappa shape index (κ2) is 16.7. The van der Waals surface area contributed by atoms with Crippen molar-refractivity contribution in [2.24, 2.45) is 0 Å². The highest BCUT2D eigenvalue weighted by atomic mass is 35.5. The van der Waals surface area contributed by atoms with Crippen molar-refractivity contribution in [1.82, 2.24) is 19.8 Å². The van der Waals surface area contributed by atoms with Crippen LogP contribution < -0.4 is 11.1 Å². The average Bonchev–Trinajstić information content (AvgIpc) is 4.05. The minimum atomic E-state index is -0.370. The molecule has 4 aliphatic rings. The monoisotopic (exact) mass is 836 g/mol. The second-order valence-electron chi connectivity index (χ2n) is 14.0. The fourth-order valence-electron chi connectivity index (χ4n) is 7.17. The fourth-order valence-corrected chi connectivity index (χ4v) is 12.2. The molecule has 2 saturated carbocycles. The number of fused-ring (bicyclic) bond motifs is 4. The van der Waals surface area contributed by atoms with Gasteiger partial charge < -0.3 is 11.1 Å². The van der Waals surface area contributed by atoms with Gasteiger partial charge in [0.2, 0.25) is 11.1 Å². The van der Waals surface area contributed by atoms with Gasteiger partial charge in [0.25, 0.3) is 0 Å². The molecule has 2 fully saturated rings. The van der Waals surface area contributed by atoms with Gasteiger partial charge in [0.1, 0.15) is 15.0 Å². The fraction of sp³-hybridized carbons (Fsp3) is 0.400. The Morgan fingerprint density at radius 2 is 1.31 bits per heavy atom. The molecule has 2 aliphatic carbocycles. The predicted octanol–water partition coefficient (Wildman–Crippen LogP) is 10.4. The maximum Gasteiger partial charge on any atom is 0.224 e. The Labute approximate surface area is 341 Å². The van der Waals surface area contributed by atoms with Crippen molar-refractivity contribution in [3.05, 3.63) is 69.4 Å². The van der Waals surface area contributed by atoms with Crippen molar-refractivity contribution >= 4 is 110 Å². The first kappa shape index (κ1) is 38.0. The molecule has 54 heavy (non-hydrogen) atoms. The Morgan fingerprint density at radius 1 is 0.796 bits per heavy atom. The molecule has 0 radical (unpaired) electrons. The summed E-state index contributed by atoms with van der Waals surface area (Å²) in [4.78, 5) is 39.6. The van der Waals surface area contributed by atoms with E-state index in [1.165, 1.54) is 73.6 Å². The molecule has 6 heterocycles. The number of carbonyl (C=O) groups excluding carboxylic acids is 2. The number of para-hydroxylation sites is 2. The highest BCUT2D eigenvalue weighted by Gasteiger charge is 2.35. The minimum absolute atomic E-state index is 0.0741. The number of benzene rings is 2. The number of nitrogens with two attached hydrogens (primary N) is 1. The number of alkyl halides is 1. The van der Waals surface area contributed by atoms with E-state index in [4.69, 9.17) is 38.9 Å². The van der Waals surface area contributed by atoms with Crippen molar-refractivity contribution in [2.45, 2.75) is 83.5 Å². The SMILES string of the molecule is CCC(=O)Nc1sc2c(c1-c1nc3ccccc3s1)CCN(C1CC1)C2.Nc1sc2c(c1-c1nc3ccccc3s1)CCN(C1CC1)C2.O=C(Cl)CCCl. The summed E-state index contributed by atoms with van der Waals surface area (Å²) in [5, 5.41) is 6.84. The number of hydrogen-bond donors (Lipinski definition) is 2. The molecular formula is C40H42Cl2N6O2S4. The first-order valence-corrected chi connectivity index (χ1v) is 22.8. The van der Waals surface area contributed by atoms with Gasteiger partial charge in [-0.3, -0.25) is 19.4 Å². The number of hydrogen-bond acceptors (Lipinski definition) is 11. The summed E-state index contributed by atoms with van der Waals surface area (Å²) in [6, 6.07) is 18.2. The summed E-state index contributed by atoms with van der Waals surface area (Å²) >= 11 is 17.0. The van der Waals surface area contributed by atoms with Crippen LogP contribution in [0.5, 0.6) is 0 Å². The number of thiazole rings is 2. The van der Waals surface area contributed by atoms with E-state index in [0.29, 0.717) is 12.3 Å². The van der Waals surface area contributed by atoms with Crippen molar-refractivity contribution in [3.8, 4) is 21.1 Å². The van der Waals surface area contributed by atoms with Crippen molar-refractivity contribution in [2.75, 3.05) is 30.0 Å². The molecule has 2 aromatic carbocycles. The lowest BCUT2D eigenvalue weighted by Crippen LogP contribution is -2.31. The molecule has 8 nitrogen and oxygen atoms in total. The van der Waals surface area contributed by atoms with E-state index < -0.39 is 0 Å². The zero-order chi connectivity index (χ0) is 37.3. The van der Waals surface area contributed by atoms with Crippen LogP contribution in [0.3, 0.4) is 0 Å². The molecule has 6 aromatic rings. The first-order chi connectivity index (χ1) is 26.3. The number of rotatable bonds is 8. The number of nitrogens with zero attached hydrogens (tertiary/aromatic N) is 4. The van der Waals surface area contributed by atoms with Crippen LogP contribution in [0.2, 0.25) is 0 Å². The third-order valence-electron chi connectivity index (χ3n) is 10.2. The third-order valence-corrected chi connectivity index (χ3v) is 14.9. The first-order valence-electron chi connectivity index (χ1n) is 18.6. The van der Waals surface area contributed by atoms with Crippen LogP contribution in [0.4, 0.5) is 10.0 Å². The molecule has 2 aliphatic heterocycles. The van der Waals surface area contributed by atoms with Crippen LogP contribution in [0.15, 0.2) is 48.5 Å². The Balaban J connectivity index is 0.000000135. The number of nitrogens with one attached hydrogen (secondary N) is 1. The van der Waals surface area contributed by atoms with E-state index in [1.807, 2.05) is 19.1 Å². The van der Waals surface area contributed by atoms with E-state index in [2.05, 4.69) is 51.5 Å². The molecular weight excluding hydrogens is 796 g/mol. The van der Waals surface area contributed by atoms with Gasteiger partial charge in [0, 0.05) is 77.9 Å². The summed E-state index contributed by atoms with van der Waals surface area (Å²) in [5.74, 6) is 0.396. The summed E-state index contributed by atoms with van der Waals surface area (Å²) in [5.41, 5.74) is 13.7. The molecule has 0 unspecified atom stereocenters. The van der Waals surface area contributed by atoms with Crippen LogP contribution >= 0.6 is 68.5 Å². The Morgan fingerprint density at radius 3 is 1.80 bits per heavy atom. The number of thiophene rings is 2.